The van der Waals surface area contributed by atoms with Crippen molar-refractivity contribution in [3.63, 3.8) is 0 Å². The van der Waals surface area contributed by atoms with Crippen LogP contribution in [0.5, 0.6) is 0 Å². The Hall–Kier alpha value is -1.86. The molecule has 0 aliphatic rings. The minimum absolute atomic E-state index is 0.281. The Morgan fingerprint density at radius 2 is 2.16 bits per heavy atom. The number of thiophene rings is 1. The average molecular weight is 294 g/mol. The van der Waals surface area contributed by atoms with Crippen molar-refractivity contribution in [3.05, 3.63) is 41.6 Å². The number of oxazole rings is 1. The zero-order valence-electron chi connectivity index (χ0n) is 9.95. The van der Waals surface area contributed by atoms with Crippen molar-refractivity contribution in [2.45, 2.75) is 11.1 Å². The monoisotopic (exact) mass is 294 g/mol. The number of anilines is 1. The van der Waals surface area contributed by atoms with Crippen LogP contribution >= 0.6 is 11.3 Å². The molecule has 1 aromatic carbocycles. The quantitative estimate of drug-likeness (QED) is 0.806. The minimum atomic E-state index is -3.52. The molecular formula is C12H10N2O3S2. The maximum absolute atomic E-state index is 12.1. The summed E-state index contributed by atoms with van der Waals surface area (Å²) >= 11 is 1.17. The number of rotatable bonds is 3. The van der Waals surface area contributed by atoms with Crippen LogP contribution in [0.1, 0.15) is 5.89 Å². The number of nitrogens with zero attached hydrogens (tertiary/aromatic N) is 1. The van der Waals surface area contributed by atoms with Crippen LogP contribution in [-0.4, -0.2) is 13.4 Å². The van der Waals surface area contributed by atoms with Gasteiger partial charge in [-0.15, -0.1) is 11.3 Å². The second-order valence-corrected chi connectivity index (χ2v) is 6.81. The van der Waals surface area contributed by atoms with E-state index in [1.807, 2.05) is 0 Å². The highest BCUT2D eigenvalue weighted by molar-refractivity contribution is 7.94. The third-order valence-electron chi connectivity index (χ3n) is 2.51. The minimum Gasteiger partial charge on any atom is -0.441 e. The van der Waals surface area contributed by atoms with Gasteiger partial charge in [-0.25, -0.2) is 13.4 Å². The molecular weight excluding hydrogens is 284 g/mol. The van der Waals surface area contributed by atoms with Crippen molar-refractivity contribution in [1.82, 2.24) is 4.98 Å². The van der Waals surface area contributed by atoms with Crippen LogP contribution in [0.3, 0.4) is 0 Å². The lowest BCUT2D eigenvalue weighted by molar-refractivity contribution is 0.561. The molecule has 0 unspecified atom stereocenters. The molecule has 0 aliphatic heterocycles. The van der Waals surface area contributed by atoms with Gasteiger partial charge in [-0.3, -0.25) is 4.72 Å². The Kier molecular flexibility index (Phi) is 2.79. The van der Waals surface area contributed by atoms with Crippen LogP contribution in [0.2, 0.25) is 0 Å². The second-order valence-electron chi connectivity index (χ2n) is 3.95. The van der Waals surface area contributed by atoms with Crippen molar-refractivity contribution in [2.75, 3.05) is 4.72 Å². The molecule has 3 aromatic rings. The molecule has 0 atom stereocenters. The summed E-state index contributed by atoms with van der Waals surface area (Å²) in [7, 11) is -3.52. The first-order chi connectivity index (χ1) is 9.04. The van der Waals surface area contributed by atoms with E-state index in [0.29, 0.717) is 22.7 Å². The number of nitrogens with one attached hydrogen (secondary N) is 1. The number of hydrogen-bond acceptors (Lipinski definition) is 5. The van der Waals surface area contributed by atoms with Crippen LogP contribution < -0.4 is 4.72 Å². The zero-order valence-corrected chi connectivity index (χ0v) is 11.6. The first kappa shape index (κ1) is 12.2. The van der Waals surface area contributed by atoms with Gasteiger partial charge in [0.15, 0.2) is 11.5 Å². The van der Waals surface area contributed by atoms with Crippen LogP contribution in [0.15, 0.2) is 44.3 Å². The fraction of sp³-hybridized carbons (Fsp3) is 0.0833. The largest absolute Gasteiger partial charge is 0.441 e. The molecule has 2 heterocycles. The lowest BCUT2D eigenvalue weighted by atomic mass is 10.3. The molecule has 0 fully saturated rings. The van der Waals surface area contributed by atoms with Crippen LogP contribution in [-0.2, 0) is 10.0 Å². The number of hydrogen-bond donors (Lipinski definition) is 1. The van der Waals surface area contributed by atoms with Gasteiger partial charge in [0.25, 0.3) is 10.0 Å². The molecule has 5 nitrogen and oxygen atoms in total. The van der Waals surface area contributed by atoms with E-state index in [0.717, 1.165) is 0 Å². The molecule has 7 heteroatoms. The lowest BCUT2D eigenvalue weighted by Gasteiger charge is -2.05. The van der Waals surface area contributed by atoms with Crippen molar-refractivity contribution in [1.29, 1.82) is 0 Å². The van der Waals surface area contributed by atoms with Crippen molar-refractivity contribution in [3.8, 4) is 0 Å². The van der Waals surface area contributed by atoms with E-state index in [2.05, 4.69) is 9.71 Å². The highest BCUT2D eigenvalue weighted by Crippen LogP contribution is 2.23. The predicted octanol–water partition coefficient (Wildman–Crippen LogP) is 3.00. The Balaban J connectivity index is 1.97. The molecule has 0 saturated heterocycles. The summed E-state index contributed by atoms with van der Waals surface area (Å²) < 4.78 is 32.3. The third-order valence-corrected chi connectivity index (χ3v) is 5.29. The smallest absolute Gasteiger partial charge is 0.271 e. The number of aromatic nitrogens is 1. The fourth-order valence-electron chi connectivity index (χ4n) is 1.73. The molecule has 19 heavy (non-hydrogen) atoms. The van der Waals surface area contributed by atoms with E-state index >= 15 is 0 Å². The average Bonchev–Trinajstić information content (AvgIpc) is 2.95. The Morgan fingerprint density at radius 3 is 2.89 bits per heavy atom. The molecule has 3 rings (SSSR count). The summed E-state index contributed by atoms with van der Waals surface area (Å²) in [6.07, 6.45) is 0. The van der Waals surface area contributed by atoms with Gasteiger partial charge in [0, 0.05) is 6.92 Å². The van der Waals surface area contributed by atoms with E-state index in [1.54, 1.807) is 42.6 Å². The normalized spacial score (nSPS) is 11.8. The summed E-state index contributed by atoms with van der Waals surface area (Å²) in [5.74, 6) is 0.549. The highest BCUT2D eigenvalue weighted by Gasteiger charge is 2.15. The third kappa shape index (κ3) is 2.34. The van der Waals surface area contributed by atoms with Gasteiger partial charge in [-0.2, -0.15) is 0 Å². The summed E-state index contributed by atoms with van der Waals surface area (Å²) in [6, 6.07) is 8.26. The highest BCUT2D eigenvalue weighted by atomic mass is 32.2. The summed E-state index contributed by atoms with van der Waals surface area (Å²) in [4.78, 5) is 4.17. The number of sulfonamides is 1. The van der Waals surface area contributed by atoms with Crippen LogP contribution in [0.4, 0.5) is 5.69 Å². The summed E-state index contributed by atoms with van der Waals surface area (Å²) in [5, 5.41) is 1.72. The Bertz CT molecular complexity index is 820. The van der Waals surface area contributed by atoms with Crippen LogP contribution in [0, 0.1) is 6.92 Å². The van der Waals surface area contributed by atoms with E-state index in [4.69, 9.17) is 4.42 Å². The maximum Gasteiger partial charge on any atom is 0.271 e. The number of benzene rings is 1. The Morgan fingerprint density at radius 1 is 1.32 bits per heavy atom. The van der Waals surface area contributed by atoms with E-state index in [-0.39, 0.29) is 4.21 Å². The summed E-state index contributed by atoms with van der Waals surface area (Å²) in [6.45, 7) is 1.75. The molecule has 0 saturated carbocycles. The van der Waals surface area contributed by atoms with Gasteiger partial charge >= 0.3 is 0 Å². The predicted molar refractivity (Wildman–Crippen MR) is 73.9 cm³/mol. The second kappa shape index (κ2) is 4.36. The molecule has 2 aromatic heterocycles. The van der Waals surface area contributed by atoms with E-state index in [9.17, 15) is 8.42 Å². The van der Waals surface area contributed by atoms with Gasteiger partial charge in [0.2, 0.25) is 0 Å². The standard InChI is InChI=1S/C12H10N2O3S2/c1-8-13-10-7-9(4-5-11(10)17-8)14-19(15,16)12-3-2-6-18-12/h2-7,14H,1H3. The first-order valence-electron chi connectivity index (χ1n) is 5.48. The van der Waals surface area contributed by atoms with Crippen molar-refractivity contribution >= 4 is 38.1 Å². The molecule has 0 aliphatic carbocycles. The van der Waals surface area contributed by atoms with Gasteiger partial charge in [-0.1, -0.05) is 6.07 Å². The summed E-state index contributed by atoms with van der Waals surface area (Å²) in [5.41, 5.74) is 1.73. The van der Waals surface area contributed by atoms with Gasteiger partial charge in [0.1, 0.15) is 9.73 Å². The topological polar surface area (TPSA) is 72.2 Å². The number of fused-ring (bicyclic) bond motifs is 1. The molecule has 0 bridgehead atoms. The van der Waals surface area contributed by atoms with Gasteiger partial charge in [-0.05, 0) is 29.6 Å². The lowest BCUT2D eigenvalue weighted by Crippen LogP contribution is -2.11. The first-order valence-corrected chi connectivity index (χ1v) is 7.84. The SMILES string of the molecule is Cc1nc2cc(NS(=O)(=O)c3cccs3)ccc2o1. The maximum atomic E-state index is 12.1. The fourth-order valence-corrected chi connectivity index (χ4v) is 3.77. The molecule has 1 N–H and O–H groups in total. The number of aryl methyl sites for hydroxylation is 1. The van der Waals surface area contributed by atoms with Crippen LogP contribution in [0.25, 0.3) is 11.1 Å². The van der Waals surface area contributed by atoms with Crippen molar-refractivity contribution < 1.29 is 12.8 Å². The molecule has 0 amide bonds. The Labute approximate surface area is 114 Å². The van der Waals surface area contributed by atoms with E-state index < -0.39 is 10.0 Å². The molecule has 0 radical (unpaired) electrons. The molecule has 0 spiro atoms. The van der Waals surface area contributed by atoms with Crippen molar-refractivity contribution in [2.24, 2.45) is 0 Å². The van der Waals surface area contributed by atoms with Gasteiger partial charge in [0.05, 0.1) is 5.69 Å². The van der Waals surface area contributed by atoms with Gasteiger partial charge < -0.3 is 4.42 Å². The zero-order chi connectivity index (χ0) is 13.5. The molecule has 98 valence electrons. The van der Waals surface area contributed by atoms with E-state index in [1.165, 1.54) is 11.3 Å².